The average molecular weight is 465 g/mol. The van der Waals surface area contributed by atoms with Crippen molar-refractivity contribution >= 4 is 38.9 Å². The fraction of sp³-hybridized carbons (Fsp3) is 0.294. The molecule has 3 aromatic rings. The van der Waals surface area contributed by atoms with Crippen LogP contribution in [0, 0.1) is 0 Å². The Kier molecular flexibility index (Phi) is 5.66. The quantitative estimate of drug-likeness (QED) is 0.257. The largest absolute Gasteiger partial charge is 0.398 e. The van der Waals surface area contributed by atoms with Gasteiger partial charge in [-0.1, -0.05) is 12.1 Å². The number of fused-ring (bicyclic) bond motifs is 1. The summed E-state index contributed by atoms with van der Waals surface area (Å²) in [4.78, 5) is 24.1. The number of nitrogens with two attached hydrogens (primary N) is 2. The molecule has 15 heteroatoms. The summed E-state index contributed by atoms with van der Waals surface area (Å²) in [7, 11) is -4.57. The number of nitrogens with one attached hydrogen (secondary N) is 1. The average Bonchev–Trinajstić information content (AvgIpc) is 3.29. The lowest BCUT2D eigenvalue weighted by molar-refractivity contribution is -0.0468. The molecule has 1 aliphatic rings. The predicted octanol–water partition coefficient (Wildman–Crippen LogP) is -1.70. The number of hydrogen-bond donors (Lipinski definition) is 5. The van der Waals surface area contributed by atoms with E-state index in [2.05, 4.69) is 15.0 Å². The van der Waals surface area contributed by atoms with Crippen molar-refractivity contribution in [1.82, 2.24) is 24.2 Å². The third kappa shape index (κ3) is 4.06. The summed E-state index contributed by atoms with van der Waals surface area (Å²) in [6.45, 7) is -0.689. The van der Waals surface area contributed by atoms with Crippen LogP contribution in [0.5, 0.6) is 0 Å². The maximum Gasteiger partial charge on any atom is 0.362 e. The highest BCUT2D eigenvalue weighted by molar-refractivity contribution is 7.85. The number of aliphatic hydroxyl groups excluding tert-OH is 2. The molecule has 0 bridgehead atoms. The number of amides is 1. The maximum absolute atomic E-state index is 12.2. The Balaban J connectivity index is 1.44. The van der Waals surface area contributed by atoms with Gasteiger partial charge in [-0.05, 0) is 12.1 Å². The van der Waals surface area contributed by atoms with Gasteiger partial charge in [-0.25, -0.2) is 19.7 Å². The highest BCUT2D eigenvalue weighted by atomic mass is 32.2. The van der Waals surface area contributed by atoms with E-state index in [9.17, 15) is 23.4 Å². The summed E-state index contributed by atoms with van der Waals surface area (Å²) in [6.07, 6.45) is -2.88. The van der Waals surface area contributed by atoms with Gasteiger partial charge in [0, 0.05) is 5.69 Å². The zero-order valence-corrected chi connectivity index (χ0v) is 17.1. The summed E-state index contributed by atoms with van der Waals surface area (Å²) in [5, 5.41) is 20.7. The van der Waals surface area contributed by atoms with Crippen molar-refractivity contribution in [3.05, 3.63) is 42.5 Å². The van der Waals surface area contributed by atoms with E-state index in [4.69, 9.17) is 20.4 Å². The van der Waals surface area contributed by atoms with E-state index in [1.807, 2.05) is 0 Å². The highest BCUT2D eigenvalue weighted by Gasteiger charge is 2.45. The monoisotopic (exact) mass is 465 g/mol. The number of aliphatic hydroxyl groups is 2. The number of aromatic nitrogens is 4. The SMILES string of the molecule is Nc1ccccc1C(=O)NS(=O)(=O)OC[C@H]1O[C@@H](n2cnc3c(N)ncnc32)[C@H](O)[C@@H]1O. The maximum atomic E-state index is 12.2. The van der Waals surface area contributed by atoms with Crippen LogP contribution in [0.2, 0.25) is 0 Å². The van der Waals surface area contributed by atoms with E-state index in [1.54, 1.807) is 10.8 Å². The number of rotatable bonds is 6. The Bertz CT molecular complexity index is 1270. The second-order valence-corrected chi connectivity index (χ2v) is 8.23. The Labute approximate surface area is 181 Å². The number of nitrogen functional groups attached to an aromatic ring is 2. The van der Waals surface area contributed by atoms with Crippen molar-refractivity contribution in [2.45, 2.75) is 24.5 Å². The third-order valence-electron chi connectivity index (χ3n) is 4.81. The topological polar surface area (TPSA) is 218 Å². The van der Waals surface area contributed by atoms with Crippen molar-refractivity contribution in [2.24, 2.45) is 0 Å². The minimum atomic E-state index is -4.57. The van der Waals surface area contributed by atoms with Crippen LogP contribution in [0.25, 0.3) is 11.2 Å². The van der Waals surface area contributed by atoms with Crippen molar-refractivity contribution in [3.63, 3.8) is 0 Å². The highest BCUT2D eigenvalue weighted by Crippen LogP contribution is 2.32. The molecule has 1 amide bonds. The molecule has 14 nitrogen and oxygen atoms in total. The van der Waals surface area contributed by atoms with Gasteiger partial charge < -0.3 is 26.4 Å². The normalized spacial score (nSPS) is 23.4. The van der Waals surface area contributed by atoms with Gasteiger partial charge in [0.15, 0.2) is 17.7 Å². The molecule has 0 aliphatic carbocycles. The van der Waals surface area contributed by atoms with Gasteiger partial charge in [0.1, 0.15) is 30.2 Å². The smallest absolute Gasteiger partial charge is 0.362 e. The van der Waals surface area contributed by atoms with E-state index in [-0.39, 0.29) is 28.2 Å². The Hall–Kier alpha value is -3.37. The molecule has 0 radical (unpaired) electrons. The lowest BCUT2D eigenvalue weighted by Crippen LogP contribution is -2.38. The van der Waals surface area contributed by atoms with Crippen molar-refractivity contribution in [1.29, 1.82) is 0 Å². The molecule has 170 valence electrons. The minimum Gasteiger partial charge on any atom is -0.398 e. The van der Waals surface area contributed by atoms with E-state index in [0.717, 1.165) is 0 Å². The van der Waals surface area contributed by atoms with Gasteiger partial charge >= 0.3 is 10.3 Å². The Morgan fingerprint density at radius 2 is 1.94 bits per heavy atom. The lowest BCUT2D eigenvalue weighted by atomic mass is 10.1. The first kappa shape index (κ1) is 21.8. The van der Waals surface area contributed by atoms with Crippen LogP contribution >= 0.6 is 0 Å². The molecular weight excluding hydrogens is 446 g/mol. The van der Waals surface area contributed by atoms with E-state index in [0.29, 0.717) is 0 Å². The van der Waals surface area contributed by atoms with Crippen LogP contribution < -0.4 is 16.2 Å². The summed E-state index contributed by atoms with van der Waals surface area (Å²) in [5.41, 5.74) is 11.9. The van der Waals surface area contributed by atoms with Crippen LogP contribution in [0.3, 0.4) is 0 Å². The molecular formula is C17H19N7O7S. The second-order valence-electron chi connectivity index (χ2n) is 6.89. The second kappa shape index (κ2) is 8.29. The lowest BCUT2D eigenvalue weighted by Gasteiger charge is -2.16. The fourth-order valence-electron chi connectivity index (χ4n) is 3.21. The molecule has 0 unspecified atom stereocenters. The molecule has 1 fully saturated rings. The molecule has 4 rings (SSSR count). The number of nitrogens with zero attached hydrogens (tertiary/aromatic N) is 4. The predicted molar refractivity (Wildman–Crippen MR) is 109 cm³/mol. The molecule has 7 N–H and O–H groups in total. The third-order valence-corrected chi connectivity index (χ3v) is 5.69. The minimum absolute atomic E-state index is 0.0550. The number of anilines is 2. The van der Waals surface area contributed by atoms with E-state index < -0.39 is 47.4 Å². The number of imidazole rings is 1. The van der Waals surface area contributed by atoms with Crippen molar-refractivity contribution in [2.75, 3.05) is 18.1 Å². The summed E-state index contributed by atoms with van der Waals surface area (Å²) < 4.78 is 37.7. The van der Waals surface area contributed by atoms with E-state index in [1.165, 1.54) is 35.4 Å². The van der Waals surface area contributed by atoms with Crippen molar-refractivity contribution in [3.8, 4) is 0 Å². The summed E-state index contributed by atoms with van der Waals surface area (Å²) >= 11 is 0. The summed E-state index contributed by atoms with van der Waals surface area (Å²) in [6, 6.07) is 5.88. The molecule has 1 saturated heterocycles. The van der Waals surface area contributed by atoms with Gasteiger partial charge in [0.05, 0.1) is 18.5 Å². The number of para-hydroxylation sites is 1. The van der Waals surface area contributed by atoms with Crippen LogP contribution in [-0.4, -0.2) is 69.0 Å². The Morgan fingerprint density at radius 1 is 1.19 bits per heavy atom. The fourth-order valence-corrected chi connectivity index (χ4v) is 3.92. The van der Waals surface area contributed by atoms with Gasteiger partial charge in [-0.15, -0.1) is 0 Å². The van der Waals surface area contributed by atoms with E-state index >= 15 is 0 Å². The zero-order valence-electron chi connectivity index (χ0n) is 16.3. The van der Waals surface area contributed by atoms with Crippen LogP contribution in [0.4, 0.5) is 11.5 Å². The van der Waals surface area contributed by atoms with Crippen LogP contribution in [-0.2, 0) is 19.2 Å². The number of ether oxygens (including phenoxy) is 1. The number of carbonyl (C=O) groups excluding carboxylic acids is 1. The van der Waals surface area contributed by atoms with Crippen molar-refractivity contribution < 1.29 is 32.3 Å². The van der Waals surface area contributed by atoms with Crippen LogP contribution in [0.1, 0.15) is 16.6 Å². The summed E-state index contributed by atoms with van der Waals surface area (Å²) in [5.74, 6) is -0.876. The van der Waals surface area contributed by atoms with Gasteiger partial charge in [-0.3, -0.25) is 13.5 Å². The van der Waals surface area contributed by atoms with Gasteiger partial charge in [-0.2, -0.15) is 8.42 Å². The standard InChI is InChI=1S/C17H19N7O7S/c18-9-4-2-1-3-8(9)16(27)23-32(28,29)30-5-10-12(25)13(26)17(31-10)24-7-22-11-14(19)20-6-21-15(11)24/h1-4,6-7,10,12-13,17,25-26H,5,18H2,(H,23,27)(H2,19,20,21)/t10-,12-,13-,17-/m1/s1. The molecule has 0 saturated carbocycles. The first-order chi connectivity index (χ1) is 15.2. The molecule has 0 spiro atoms. The number of hydrogen-bond acceptors (Lipinski definition) is 12. The first-order valence-electron chi connectivity index (χ1n) is 9.18. The molecule has 1 aromatic carbocycles. The number of benzene rings is 1. The molecule has 1 aliphatic heterocycles. The Morgan fingerprint density at radius 3 is 2.69 bits per heavy atom. The molecule has 2 aromatic heterocycles. The van der Waals surface area contributed by atoms with Gasteiger partial charge in [0.2, 0.25) is 0 Å². The molecule has 3 heterocycles. The van der Waals surface area contributed by atoms with Crippen LogP contribution in [0.15, 0.2) is 36.9 Å². The first-order valence-corrected chi connectivity index (χ1v) is 10.6. The number of carbonyl (C=O) groups is 1. The zero-order chi connectivity index (χ0) is 23.0. The molecule has 32 heavy (non-hydrogen) atoms. The molecule has 4 atom stereocenters. The van der Waals surface area contributed by atoms with Gasteiger partial charge in [0.25, 0.3) is 5.91 Å².